The number of anilines is 2. The Morgan fingerprint density at radius 3 is 2.55 bits per heavy atom. The van der Waals surface area contributed by atoms with E-state index in [0.717, 1.165) is 42.9 Å². The van der Waals surface area contributed by atoms with Crippen molar-refractivity contribution in [1.82, 2.24) is 25.2 Å². The predicted octanol–water partition coefficient (Wildman–Crippen LogP) is 4.01. The monoisotopic (exact) mass is 444 g/mol. The number of hydrogen-bond acceptors (Lipinski definition) is 5. The molecule has 2 aromatic heterocycles. The van der Waals surface area contributed by atoms with Gasteiger partial charge in [0.05, 0.1) is 5.69 Å². The number of halogens is 1. The topological polar surface area (TPSA) is 83.4 Å². The van der Waals surface area contributed by atoms with Gasteiger partial charge in [-0.05, 0) is 92.5 Å². The van der Waals surface area contributed by atoms with Crippen LogP contribution in [-0.2, 0) is 0 Å². The molecule has 8 heteroatoms. The molecule has 4 aromatic rings. The molecule has 1 fully saturated rings. The summed E-state index contributed by atoms with van der Waals surface area (Å²) in [6.45, 7) is 2.74. The molecule has 0 atom stereocenters. The lowest BCUT2D eigenvalue weighted by Gasteiger charge is -2.22. The Morgan fingerprint density at radius 2 is 1.79 bits per heavy atom. The van der Waals surface area contributed by atoms with Crippen molar-refractivity contribution >= 4 is 23.2 Å². The first-order valence-electron chi connectivity index (χ1n) is 11.1. The largest absolute Gasteiger partial charge is 0.352 e. The molecule has 0 saturated carbocycles. The minimum Gasteiger partial charge on any atom is -0.352 e. The van der Waals surface area contributed by atoms with Gasteiger partial charge in [-0.1, -0.05) is 6.07 Å². The average molecular weight is 445 g/mol. The Balaban J connectivity index is 1.27. The van der Waals surface area contributed by atoms with Crippen LogP contribution in [-0.4, -0.2) is 40.1 Å². The van der Waals surface area contributed by atoms with E-state index in [1.54, 1.807) is 28.8 Å². The van der Waals surface area contributed by atoms with Gasteiger partial charge in [0.1, 0.15) is 5.82 Å². The maximum absolute atomic E-state index is 13.3. The Morgan fingerprint density at radius 1 is 1.03 bits per heavy atom. The third kappa shape index (κ3) is 4.85. The molecule has 1 aliphatic rings. The fourth-order valence-corrected chi connectivity index (χ4v) is 4.06. The summed E-state index contributed by atoms with van der Waals surface area (Å²) < 4.78 is 15.0. The molecule has 3 heterocycles. The highest BCUT2D eigenvalue weighted by atomic mass is 19.1. The van der Waals surface area contributed by atoms with Gasteiger partial charge < -0.3 is 16.0 Å². The average Bonchev–Trinajstić information content (AvgIpc) is 3.27. The fourth-order valence-electron chi connectivity index (χ4n) is 4.06. The van der Waals surface area contributed by atoms with Gasteiger partial charge in [0.25, 0.3) is 5.91 Å². The highest BCUT2D eigenvalue weighted by Gasteiger charge is 2.15. The molecule has 5 rings (SSSR count). The van der Waals surface area contributed by atoms with Crippen LogP contribution >= 0.6 is 0 Å². The molecule has 3 N–H and O–H groups in total. The van der Waals surface area contributed by atoms with Crippen molar-refractivity contribution in [3.05, 3.63) is 78.1 Å². The normalized spacial score (nSPS) is 14.3. The van der Waals surface area contributed by atoms with Crippen LogP contribution in [0.4, 0.5) is 16.0 Å². The molecular weight excluding hydrogens is 419 g/mol. The first-order valence-corrected chi connectivity index (χ1v) is 11.1. The summed E-state index contributed by atoms with van der Waals surface area (Å²) in [5, 5.41) is 14.1. The van der Waals surface area contributed by atoms with Crippen molar-refractivity contribution < 1.29 is 9.18 Å². The van der Waals surface area contributed by atoms with Crippen LogP contribution < -0.4 is 16.0 Å². The number of nitrogens with one attached hydrogen (secondary N) is 3. The fraction of sp³-hybridized carbons (Fsp3) is 0.240. The van der Waals surface area contributed by atoms with Crippen LogP contribution in [0.25, 0.3) is 16.9 Å². The van der Waals surface area contributed by atoms with Gasteiger partial charge in [0.15, 0.2) is 5.65 Å². The first kappa shape index (κ1) is 21.1. The molecule has 1 aliphatic heterocycles. The Bertz CT molecular complexity index is 1250. The first-order chi connectivity index (χ1) is 16.2. The van der Waals surface area contributed by atoms with Crippen LogP contribution in [0.3, 0.4) is 0 Å². The zero-order valence-electron chi connectivity index (χ0n) is 18.1. The molecular formula is C25H25FN6O. The third-order valence-corrected chi connectivity index (χ3v) is 5.91. The molecule has 0 spiro atoms. The molecule has 7 nitrogen and oxygen atoms in total. The van der Waals surface area contributed by atoms with E-state index in [9.17, 15) is 9.18 Å². The van der Waals surface area contributed by atoms with E-state index in [1.807, 2.05) is 30.3 Å². The SMILES string of the molecule is O=C(NCC1CCNCC1)c1ccc(Nc2nc3cccc(-c4ccc(F)cc4)n3n2)cc1. The minimum absolute atomic E-state index is 0.0603. The molecule has 33 heavy (non-hydrogen) atoms. The van der Waals surface area contributed by atoms with E-state index >= 15 is 0 Å². The van der Waals surface area contributed by atoms with Gasteiger partial charge in [-0.25, -0.2) is 8.91 Å². The zero-order valence-corrected chi connectivity index (χ0v) is 18.1. The second-order valence-corrected chi connectivity index (χ2v) is 8.23. The van der Waals surface area contributed by atoms with Crippen molar-refractivity contribution in [1.29, 1.82) is 0 Å². The number of aromatic nitrogens is 3. The summed E-state index contributed by atoms with van der Waals surface area (Å²) in [6, 6.07) is 19.2. The predicted molar refractivity (Wildman–Crippen MR) is 126 cm³/mol. The second-order valence-electron chi connectivity index (χ2n) is 8.23. The molecule has 1 amide bonds. The Labute approximate surface area is 191 Å². The Hall–Kier alpha value is -3.78. The summed E-state index contributed by atoms with van der Waals surface area (Å²) >= 11 is 0. The van der Waals surface area contributed by atoms with Gasteiger partial charge in [-0.15, -0.1) is 5.10 Å². The van der Waals surface area contributed by atoms with Crippen LogP contribution in [0.15, 0.2) is 66.7 Å². The van der Waals surface area contributed by atoms with Crippen molar-refractivity contribution in [3.8, 4) is 11.3 Å². The number of benzene rings is 2. The highest BCUT2D eigenvalue weighted by Crippen LogP contribution is 2.22. The smallest absolute Gasteiger partial charge is 0.251 e. The number of piperidine rings is 1. The number of pyridine rings is 1. The Kier molecular flexibility index (Phi) is 5.99. The van der Waals surface area contributed by atoms with Crippen LogP contribution in [0.5, 0.6) is 0 Å². The number of fused-ring (bicyclic) bond motifs is 1. The van der Waals surface area contributed by atoms with Gasteiger partial charge in [0.2, 0.25) is 5.95 Å². The number of amides is 1. The van der Waals surface area contributed by atoms with Crippen LogP contribution in [0.2, 0.25) is 0 Å². The van der Waals surface area contributed by atoms with E-state index in [4.69, 9.17) is 0 Å². The summed E-state index contributed by atoms with van der Waals surface area (Å²) in [5.74, 6) is 0.634. The maximum atomic E-state index is 13.3. The summed E-state index contributed by atoms with van der Waals surface area (Å²) in [6.07, 6.45) is 2.19. The zero-order chi connectivity index (χ0) is 22.6. The van der Waals surface area contributed by atoms with Gasteiger partial charge in [0, 0.05) is 23.4 Å². The lowest BCUT2D eigenvalue weighted by molar-refractivity contribution is 0.0944. The lowest BCUT2D eigenvalue weighted by atomic mass is 9.98. The highest BCUT2D eigenvalue weighted by molar-refractivity contribution is 5.94. The van der Waals surface area contributed by atoms with Gasteiger partial charge in [-0.3, -0.25) is 4.79 Å². The van der Waals surface area contributed by atoms with Crippen molar-refractivity contribution in [2.45, 2.75) is 12.8 Å². The molecule has 0 unspecified atom stereocenters. The standard InChI is InChI=1S/C25H25FN6O/c26-20-8-4-18(5-9-20)22-2-1-3-23-30-25(31-32(22)23)29-21-10-6-19(7-11-21)24(33)28-16-17-12-14-27-15-13-17/h1-11,17,27H,12-16H2,(H,28,33)(H,29,31). The molecule has 0 bridgehead atoms. The van der Waals surface area contributed by atoms with Crippen LogP contribution in [0, 0.1) is 11.7 Å². The van der Waals surface area contributed by atoms with Crippen molar-refractivity contribution in [2.75, 3.05) is 25.0 Å². The molecule has 1 saturated heterocycles. The van der Waals surface area contributed by atoms with E-state index in [-0.39, 0.29) is 11.7 Å². The van der Waals surface area contributed by atoms with E-state index in [0.29, 0.717) is 29.6 Å². The van der Waals surface area contributed by atoms with E-state index < -0.39 is 0 Å². The van der Waals surface area contributed by atoms with Crippen molar-refractivity contribution in [2.24, 2.45) is 5.92 Å². The molecule has 0 aliphatic carbocycles. The van der Waals surface area contributed by atoms with Crippen molar-refractivity contribution in [3.63, 3.8) is 0 Å². The number of rotatable bonds is 6. The molecule has 2 aromatic carbocycles. The number of hydrogen-bond donors (Lipinski definition) is 3. The molecule has 0 radical (unpaired) electrons. The van der Waals surface area contributed by atoms with Crippen LogP contribution in [0.1, 0.15) is 23.2 Å². The summed E-state index contributed by atoms with van der Waals surface area (Å²) in [7, 11) is 0. The number of carbonyl (C=O) groups excluding carboxylic acids is 1. The second kappa shape index (κ2) is 9.38. The quantitative estimate of drug-likeness (QED) is 0.419. The summed E-state index contributed by atoms with van der Waals surface area (Å²) in [5.41, 5.74) is 3.74. The third-order valence-electron chi connectivity index (χ3n) is 5.91. The van der Waals surface area contributed by atoms with E-state index in [1.165, 1.54) is 12.1 Å². The summed E-state index contributed by atoms with van der Waals surface area (Å²) in [4.78, 5) is 17.0. The number of nitrogens with zero attached hydrogens (tertiary/aromatic N) is 3. The van der Waals surface area contributed by atoms with Gasteiger partial charge >= 0.3 is 0 Å². The maximum Gasteiger partial charge on any atom is 0.251 e. The van der Waals surface area contributed by atoms with E-state index in [2.05, 4.69) is 26.0 Å². The molecule has 168 valence electrons. The lowest BCUT2D eigenvalue weighted by Crippen LogP contribution is -2.35. The minimum atomic E-state index is -0.282. The number of carbonyl (C=O) groups is 1. The van der Waals surface area contributed by atoms with Gasteiger partial charge in [-0.2, -0.15) is 4.98 Å².